The molecule has 24 heavy (non-hydrogen) atoms. The number of hydrogen-bond donors (Lipinski definition) is 6. The van der Waals surface area contributed by atoms with Gasteiger partial charge >= 0.3 is 0 Å². The Morgan fingerprint density at radius 3 is 2.58 bits per heavy atom. The van der Waals surface area contributed by atoms with Gasteiger partial charge in [-0.25, -0.2) is 0 Å². The third kappa shape index (κ3) is 3.81. The standard InChI is InChI=1S/C13H23N5O5S/c1-6(20)9(10(15)21)16-11(22)8-3-24-13(17-8)4-18(5-13)12(23)7(14)2-19/h6-9,17,19-20H,2-5,14H2,1H3,(H2,15,21)(H,16,22)/t6-,7+,8+,9+/m1/s1. The number of hydrogen-bond acceptors (Lipinski definition) is 8. The first-order valence-corrected chi connectivity index (χ1v) is 8.52. The molecule has 8 N–H and O–H groups in total. The highest BCUT2D eigenvalue weighted by Gasteiger charge is 2.52. The van der Waals surface area contributed by atoms with E-state index in [0.29, 0.717) is 18.8 Å². The second kappa shape index (κ2) is 7.23. The van der Waals surface area contributed by atoms with Gasteiger partial charge in [0.2, 0.25) is 17.7 Å². The largest absolute Gasteiger partial charge is 0.394 e. The van der Waals surface area contributed by atoms with Crippen LogP contribution >= 0.6 is 11.8 Å². The normalized spacial score (nSPS) is 25.7. The molecular formula is C13H23N5O5S. The lowest BCUT2D eigenvalue weighted by Gasteiger charge is -2.48. The molecule has 0 aromatic heterocycles. The Bertz CT molecular complexity index is 525. The number of aliphatic hydroxyl groups is 2. The molecule has 0 aromatic rings. The molecule has 0 aliphatic carbocycles. The molecule has 2 aliphatic rings. The van der Waals surface area contributed by atoms with Crippen molar-refractivity contribution in [2.24, 2.45) is 11.5 Å². The van der Waals surface area contributed by atoms with Gasteiger partial charge in [0.25, 0.3) is 0 Å². The van der Waals surface area contributed by atoms with Crippen molar-refractivity contribution in [3.63, 3.8) is 0 Å². The number of likely N-dealkylation sites (tertiary alicyclic amines) is 1. The molecule has 2 fully saturated rings. The van der Waals surface area contributed by atoms with Gasteiger partial charge < -0.3 is 31.9 Å². The maximum Gasteiger partial charge on any atom is 0.242 e. The first-order chi connectivity index (χ1) is 11.2. The third-order valence-corrected chi connectivity index (χ3v) is 5.51. The molecule has 10 nitrogen and oxygen atoms in total. The van der Waals surface area contributed by atoms with E-state index in [1.807, 2.05) is 0 Å². The number of amides is 3. The fourth-order valence-corrected chi connectivity index (χ4v) is 4.13. The van der Waals surface area contributed by atoms with E-state index in [2.05, 4.69) is 10.6 Å². The third-order valence-electron chi connectivity index (χ3n) is 4.08. The topological polar surface area (TPSA) is 171 Å². The Morgan fingerprint density at radius 1 is 1.46 bits per heavy atom. The zero-order valence-corrected chi connectivity index (χ0v) is 14.1. The monoisotopic (exact) mass is 361 g/mol. The van der Waals surface area contributed by atoms with Crippen molar-refractivity contribution in [3.05, 3.63) is 0 Å². The van der Waals surface area contributed by atoms with Crippen LogP contribution in [0, 0.1) is 0 Å². The minimum Gasteiger partial charge on any atom is -0.394 e. The highest BCUT2D eigenvalue weighted by atomic mass is 32.2. The first kappa shape index (κ1) is 18.9. The Labute approximate surface area is 143 Å². The number of rotatable bonds is 6. The molecule has 4 atom stereocenters. The van der Waals surface area contributed by atoms with Gasteiger partial charge in [0.1, 0.15) is 17.0 Å². The molecule has 2 saturated heterocycles. The van der Waals surface area contributed by atoms with Crippen molar-refractivity contribution in [1.29, 1.82) is 0 Å². The summed E-state index contributed by atoms with van der Waals surface area (Å²) < 4.78 is 0. The fourth-order valence-electron chi connectivity index (χ4n) is 2.69. The van der Waals surface area contributed by atoms with Crippen molar-refractivity contribution in [2.45, 2.75) is 36.0 Å². The lowest BCUT2D eigenvalue weighted by Crippen LogP contribution is -2.70. The lowest BCUT2D eigenvalue weighted by molar-refractivity contribution is -0.139. The molecule has 0 saturated carbocycles. The van der Waals surface area contributed by atoms with E-state index < -0.39 is 47.5 Å². The highest BCUT2D eigenvalue weighted by molar-refractivity contribution is 8.01. The van der Waals surface area contributed by atoms with E-state index in [-0.39, 0.29) is 5.91 Å². The van der Waals surface area contributed by atoms with Crippen LogP contribution < -0.4 is 22.1 Å². The minimum atomic E-state index is -1.15. The Kier molecular flexibility index (Phi) is 5.71. The molecule has 0 unspecified atom stereocenters. The summed E-state index contributed by atoms with van der Waals surface area (Å²) in [5, 5.41) is 24.0. The summed E-state index contributed by atoms with van der Waals surface area (Å²) in [5.41, 5.74) is 10.7. The number of primary amides is 1. The molecule has 2 aliphatic heterocycles. The second-order valence-corrected chi connectivity index (χ2v) is 7.52. The van der Waals surface area contributed by atoms with Crippen LogP contribution in [0.15, 0.2) is 0 Å². The zero-order chi connectivity index (χ0) is 18.1. The number of thioether (sulfide) groups is 1. The maximum atomic E-state index is 12.2. The molecule has 0 bridgehead atoms. The summed E-state index contributed by atoms with van der Waals surface area (Å²) in [6, 6.07) is -2.64. The number of nitrogens with one attached hydrogen (secondary N) is 2. The van der Waals surface area contributed by atoms with Gasteiger partial charge in [-0.1, -0.05) is 0 Å². The van der Waals surface area contributed by atoms with E-state index in [4.69, 9.17) is 16.6 Å². The fraction of sp³-hybridized carbons (Fsp3) is 0.769. The Balaban J connectivity index is 1.87. The van der Waals surface area contributed by atoms with Crippen LogP contribution in [0.25, 0.3) is 0 Å². The molecule has 0 aromatic carbocycles. The van der Waals surface area contributed by atoms with Crippen LogP contribution in [0.4, 0.5) is 0 Å². The van der Waals surface area contributed by atoms with Crippen molar-refractivity contribution in [1.82, 2.24) is 15.5 Å². The quantitative estimate of drug-likeness (QED) is 0.277. The summed E-state index contributed by atoms with van der Waals surface area (Å²) in [7, 11) is 0. The smallest absolute Gasteiger partial charge is 0.242 e. The van der Waals surface area contributed by atoms with Crippen molar-refractivity contribution >= 4 is 29.5 Å². The van der Waals surface area contributed by atoms with Gasteiger partial charge in [-0.15, -0.1) is 11.8 Å². The minimum absolute atomic E-state index is 0.332. The highest BCUT2D eigenvalue weighted by Crippen LogP contribution is 2.38. The molecular weight excluding hydrogens is 338 g/mol. The van der Waals surface area contributed by atoms with Gasteiger partial charge in [-0.3, -0.25) is 19.7 Å². The number of carbonyl (C=O) groups excluding carboxylic acids is 3. The van der Waals surface area contributed by atoms with Crippen molar-refractivity contribution < 1.29 is 24.6 Å². The van der Waals surface area contributed by atoms with Crippen LogP contribution in [-0.2, 0) is 14.4 Å². The first-order valence-electron chi connectivity index (χ1n) is 7.54. The summed E-state index contributed by atoms with van der Waals surface area (Å²) in [5.74, 6) is -1.11. The molecule has 2 rings (SSSR count). The average molecular weight is 361 g/mol. The van der Waals surface area contributed by atoms with E-state index in [1.54, 1.807) is 0 Å². The number of aliphatic hydroxyl groups excluding tert-OH is 2. The van der Waals surface area contributed by atoms with Crippen molar-refractivity contribution in [3.8, 4) is 0 Å². The van der Waals surface area contributed by atoms with Crippen LogP contribution in [0.1, 0.15) is 6.92 Å². The molecule has 2 heterocycles. The van der Waals surface area contributed by atoms with Gasteiger partial charge in [0.15, 0.2) is 0 Å². The summed E-state index contributed by atoms with van der Waals surface area (Å²) >= 11 is 1.50. The van der Waals surface area contributed by atoms with E-state index in [1.165, 1.54) is 23.6 Å². The molecule has 136 valence electrons. The summed E-state index contributed by atoms with van der Waals surface area (Å²) in [6.07, 6.45) is -1.09. The van der Waals surface area contributed by atoms with E-state index in [0.717, 1.165) is 0 Å². The van der Waals surface area contributed by atoms with Crippen LogP contribution in [0.2, 0.25) is 0 Å². The van der Waals surface area contributed by atoms with Gasteiger partial charge in [0.05, 0.1) is 31.8 Å². The number of nitrogens with two attached hydrogens (primary N) is 2. The van der Waals surface area contributed by atoms with Crippen LogP contribution in [0.3, 0.4) is 0 Å². The Hall–Kier alpha value is -1.40. The van der Waals surface area contributed by atoms with Gasteiger partial charge in [0, 0.05) is 5.75 Å². The molecule has 11 heteroatoms. The van der Waals surface area contributed by atoms with Gasteiger partial charge in [-0.05, 0) is 6.92 Å². The summed E-state index contributed by atoms with van der Waals surface area (Å²) in [4.78, 5) is 36.4. The average Bonchev–Trinajstić information content (AvgIpc) is 2.94. The van der Waals surface area contributed by atoms with Crippen molar-refractivity contribution in [2.75, 3.05) is 25.4 Å². The van der Waals surface area contributed by atoms with Crippen LogP contribution in [-0.4, -0.2) is 87.4 Å². The number of carbonyl (C=O) groups is 3. The SMILES string of the molecule is C[C@@H](O)[C@H](NC(=O)[C@@H]1CSC2(CN(C(=O)[C@@H](N)CO)C2)N1)C(N)=O. The van der Waals surface area contributed by atoms with Crippen LogP contribution in [0.5, 0.6) is 0 Å². The molecule has 0 radical (unpaired) electrons. The zero-order valence-electron chi connectivity index (χ0n) is 13.3. The molecule has 1 spiro atoms. The Morgan fingerprint density at radius 2 is 2.08 bits per heavy atom. The molecule has 3 amide bonds. The van der Waals surface area contributed by atoms with Gasteiger partial charge in [-0.2, -0.15) is 0 Å². The lowest BCUT2D eigenvalue weighted by atomic mass is 10.1. The van der Waals surface area contributed by atoms with E-state index in [9.17, 15) is 19.5 Å². The van der Waals surface area contributed by atoms with E-state index >= 15 is 0 Å². The summed E-state index contributed by atoms with van der Waals surface area (Å²) in [6.45, 7) is 1.71. The number of nitrogens with zero attached hydrogens (tertiary/aromatic N) is 1. The second-order valence-electron chi connectivity index (χ2n) is 6.11. The predicted octanol–water partition coefficient (Wildman–Crippen LogP) is -4.10. The maximum absolute atomic E-state index is 12.2. The predicted molar refractivity (Wildman–Crippen MR) is 86.6 cm³/mol.